The van der Waals surface area contributed by atoms with E-state index in [2.05, 4.69) is 12.2 Å². The number of rotatable bonds is 9. The van der Waals surface area contributed by atoms with Crippen LogP contribution in [0.3, 0.4) is 0 Å². The molecule has 0 radical (unpaired) electrons. The van der Waals surface area contributed by atoms with Crippen LogP contribution in [0.2, 0.25) is 0 Å². The molecule has 2 rings (SSSR count). The van der Waals surface area contributed by atoms with Crippen molar-refractivity contribution in [3.05, 3.63) is 29.3 Å². The smallest absolute Gasteiger partial charge is 0.243 e. The van der Waals surface area contributed by atoms with Crippen molar-refractivity contribution in [3.8, 4) is 0 Å². The van der Waals surface area contributed by atoms with Gasteiger partial charge in [-0.2, -0.15) is 4.31 Å². The lowest BCUT2D eigenvalue weighted by atomic mass is 10.2. The molecule has 0 spiro atoms. The predicted octanol–water partition coefficient (Wildman–Crippen LogP) is 2.31. The van der Waals surface area contributed by atoms with Crippen LogP contribution in [0.1, 0.15) is 43.7 Å². The number of hydrogen-bond donors (Lipinski definition) is 1. The zero-order valence-electron chi connectivity index (χ0n) is 16.8. The molecule has 0 atom stereocenters. The average Bonchev–Trinajstić information content (AvgIpc) is 2.66. The van der Waals surface area contributed by atoms with E-state index in [4.69, 9.17) is 0 Å². The maximum atomic E-state index is 13.3. The van der Waals surface area contributed by atoms with Crippen molar-refractivity contribution < 1.29 is 13.2 Å². The van der Waals surface area contributed by atoms with E-state index < -0.39 is 10.0 Å². The quantitative estimate of drug-likeness (QED) is 0.652. The summed E-state index contributed by atoms with van der Waals surface area (Å²) in [5.41, 5.74) is 1.67. The fourth-order valence-corrected chi connectivity index (χ4v) is 5.10. The molecular formula is C20H33N3O3S. The molecule has 6 nitrogen and oxygen atoms in total. The zero-order valence-corrected chi connectivity index (χ0v) is 17.6. The molecule has 27 heavy (non-hydrogen) atoms. The molecule has 1 aliphatic heterocycles. The van der Waals surface area contributed by atoms with Crippen molar-refractivity contribution >= 4 is 15.9 Å². The van der Waals surface area contributed by atoms with Gasteiger partial charge in [0.25, 0.3) is 0 Å². The molecule has 1 fully saturated rings. The van der Waals surface area contributed by atoms with E-state index in [-0.39, 0.29) is 18.9 Å². The highest BCUT2D eigenvalue weighted by molar-refractivity contribution is 7.89. The van der Waals surface area contributed by atoms with Gasteiger partial charge in [-0.15, -0.1) is 0 Å². The fourth-order valence-electron chi connectivity index (χ4n) is 3.31. The van der Waals surface area contributed by atoms with Crippen LogP contribution in [-0.4, -0.2) is 62.8 Å². The van der Waals surface area contributed by atoms with Crippen LogP contribution in [0.25, 0.3) is 0 Å². The maximum Gasteiger partial charge on any atom is 0.243 e. The van der Waals surface area contributed by atoms with Gasteiger partial charge in [0.2, 0.25) is 15.9 Å². The molecule has 1 aromatic carbocycles. The Hall–Kier alpha value is -1.44. The van der Waals surface area contributed by atoms with Gasteiger partial charge in [0.1, 0.15) is 0 Å². The minimum Gasteiger partial charge on any atom is -0.340 e. The first-order valence-corrected chi connectivity index (χ1v) is 11.4. The van der Waals surface area contributed by atoms with Gasteiger partial charge >= 0.3 is 0 Å². The molecule has 0 aliphatic carbocycles. The van der Waals surface area contributed by atoms with E-state index in [0.717, 1.165) is 43.5 Å². The summed E-state index contributed by atoms with van der Waals surface area (Å²) in [4.78, 5) is 14.7. The van der Waals surface area contributed by atoms with E-state index in [9.17, 15) is 13.2 Å². The van der Waals surface area contributed by atoms with E-state index in [1.165, 1.54) is 4.31 Å². The van der Waals surface area contributed by atoms with Crippen LogP contribution in [0, 0.1) is 13.8 Å². The summed E-state index contributed by atoms with van der Waals surface area (Å²) in [7, 11) is -3.61. The number of carbonyl (C=O) groups excluding carboxylic acids is 1. The first-order chi connectivity index (χ1) is 12.9. The molecule has 152 valence electrons. The number of sulfonamides is 1. The number of unbranched alkanes of at least 4 members (excludes halogenated alkanes) is 2. The molecular weight excluding hydrogens is 362 g/mol. The third-order valence-corrected chi connectivity index (χ3v) is 7.06. The first-order valence-electron chi connectivity index (χ1n) is 9.92. The molecule has 0 aromatic heterocycles. The van der Waals surface area contributed by atoms with Crippen LogP contribution in [-0.2, 0) is 14.8 Å². The van der Waals surface area contributed by atoms with E-state index in [1.54, 1.807) is 6.07 Å². The number of amides is 1. The summed E-state index contributed by atoms with van der Waals surface area (Å²) >= 11 is 0. The normalized spacial score (nSPS) is 15.3. The van der Waals surface area contributed by atoms with Crippen LogP contribution in [0.4, 0.5) is 0 Å². The van der Waals surface area contributed by atoms with Gasteiger partial charge in [0, 0.05) is 45.7 Å². The van der Waals surface area contributed by atoms with Crippen molar-refractivity contribution in [2.75, 3.05) is 39.3 Å². The summed E-state index contributed by atoms with van der Waals surface area (Å²) in [6.45, 7) is 9.49. The molecule has 1 aromatic rings. The molecule has 1 amide bonds. The van der Waals surface area contributed by atoms with E-state index >= 15 is 0 Å². The standard InChI is InChI=1S/C20H33N3O3S/c1-4-5-6-12-23(13-9-20(24)22-14-10-21-11-15-22)27(25,26)19-16-17(2)7-8-18(19)3/h7-8,16,21H,4-6,9-15H2,1-3H3. The Bertz CT molecular complexity index is 728. The van der Waals surface area contributed by atoms with Crippen LogP contribution >= 0.6 is 0 Å². The van der Waals surface area contributed by atoms with Gasteiger partial charge in [-0.1, -0.05) is 31.9 Å². The highest BCUT2D eigenvalue weighted by Gasteiger charge is 2.27. The van der Waals surface area contributed by atoms with E-state index in [0.29, 0.717) is 24.5 Å². The summed E-state index contributed by atoms with van der Waals surface area (Å²) in [6, 6.07) is 5.50. The van der Waals surface area contributed by atoms with Crippen LogP contribution in [0.5, 0.6) is 0 Å². The Morgan fingerprint density at radius 1 is 1.15 bits per heavy atom. The lowest BCUT2D eigenvalue weighted by Crippen LogP contribution is -2.47. The Morgan fingerprint density at radius 3 is 2.52 bits per heavy atom. The molecule has 0 bridgehead atoms. The number of nitrogens with one attached hydrogen (secondary N) is 1. The number of nitrogens with zero attached hydrogens (tertiary/aromatic N) is 2. The topological polar surface area (TPSA) is 69.7 Å². The fraction of sp³-hybridized carbons (Fsp3) is 0.650. The molecule has 0 saturated carbocycles. The van der Waals surface area contributed by atoms with Crippen molar-refractivity contribution in [2.24, 2.45) is 0 Å². The second-order valence-electron chi connectivity index (χ2n) is 7.26. The Labute approximate surface area is 164 Å². The van der Waals surface area contributed by atoms with Gasteiger partial charge in [-0.25, -0.2) is 8.42 Å². The maximum absolute atomic E-state index is 13.3. The van der Waals surface area contributed by atoms with Crippen LogP contribution < -0.4 is 5.32 Å². The highest BCUT2D eigenvalue weighted by Crippen LogP contribution is 2.22. The predicted molar refractivity (Wildman–Crippen MR) is 108 cm³/mol. The van der Waals surface area contributed by atoms with Crippen molar-refractivity contribution in [2.45, 2.75) is 51.3 Å². The van der Waals surface area contributed by atoms with Gasteiger partial charge in [0.15, 0.2) is 0 Å². The van der Waals surface area contributed by atoms with Gasteiger partial charge in [-0.3, -0.25) is 4.79 Å². The monoisotopic (exact) mass is 395 g/mol. The molecule has 1 N–H and O–H groups in total. The lowest BCUT2D eigenvalue weighted by Gasteiger charge is -2.29. The van der Waals surface area contributed by atoms with Gasteiger partial charge in [-0.05, 0) is 37.5 Å². The van der Waals surface area contributed by atoms with Crippen molar-refractivity contribution in [1.82, 2.24) is 14.5 Å². The summed E-state index contributed by atoms with van der Waals surface area (Å²) < 4.78 is 28.1. The summed E-state index contributed by atoms with van der Waals surface area (Å²) in [6.07, 6.45) is 3.04. The molecule has 1 aliphatic rings. The number of carbonyl (C=O) groups is 1. The Balaban J connectivity index is 2.14. The molecule has 0 unspecified atom stereocenters. The lowest BCUT2D eigenvalue weighted by molar-refractivity contribution is -0.131. The minimum absolute atomic E-state index is 0.0353. The summed E-state index contributed by atoms with van der Waals surface area (Å²) in [5, 5.41) is 3.23. The Kier molecular flexibility index (Phi) is 8.26. The number of benzene rings is 1. The zero-order chi connectivity index (χ0) is 19.9. The number of hydrogen-bond acceptors (Lipinski definition) is 4. The summed E-state index contributed by atoms with van der Waals surface area (Å²) in [5.74, 6) is 0.0353. The van der Waals surface area contributed by atoms with Crippen molar-refractivity contribution in [1.29, 1.82) is 0 Å². The van der Waals surface area contributed by atoms with Crippen molar-refractivity contribution in [3.63, 3.8) is 0 Å². The number of piperazine rings is 1. The molecule has 7 heteroatoms. The molecule has 1 saturated heterocycles. The third kappa shape index (κ3) is 6.02. The second-order valence-corrected chi connectivity index (χ2v) is 9.17. The van der Waals surface area contributed by atoms with E-state index in [1.807, 2.05) is 30.9 Å². The second kappa shape index (κ2) is 10.2. The highest BCUT2D eigenvalue weighted by atomic mass is 32.2. The average molecular weight is 396 g/mol. The number of aryl methyl sites for hydroxylation is 2. The van der Waals surface area contributed by atoms with Crippen LogP contribution in [0.15, 0.2) is 23.1 Å². The minimum atomic E-state index is -3.61. The first kappa shape index (κ1) is 21.9. The SMILES string of the molecule is CCCCCN(CCC(=O)N1CCNCC1)S(=O)(=O)c1cc(C)ccc1C. The van der Waals surface area contributed by atoms with Gasteiger partial charge < -0.3 is 10.2 Å². The Morgan fingerprint density at radius 2 is 1.85 bits per heavy atom. The molecule has 1 heterocycles. The third-order valence-electron chi connectivity index (χ3n) is 5.02. The van der Waals surface area contributed by atoms with Gasteiger partial charge in [0.05, 0.1) is 4.90 Å². The largest absolute Gasteiger partial charge is 0.340 e.